The average Bonchev–Trinajstić information content (AvgIpc) is 2.31. The number of benzene rings is 2. The first-order valence-electron chi connectivity index (χ1n) is 4.65. The van der Waals surface area contributed by atoms with E-state index in [0.717, 1.165) is 0 Å². The van der Waals surface area contributed by atoms with Crippen LogP contribution in [-0.2, 0) is 26.9 Å². The fraction of sp³-hybridized carbons (Fsp3) is 0. The largest absolute Gasteiger partial charge is 0.338 e. The summed E-state index contributed by atoms with van der Waals surface area (Å²) in [6.45, 7) is 0. The van der Waals surface area contributed by atoms with Crippen molar-refractivity contribution in [2.24, 2.45) is 0 Å². The maximum absolute atomic E-state index is 12.2. The van der Waals surface area contributed by atoms with Crippen LogP contribution in [0.15, 0.2) is 60.7 Å². The van der Waals surface area contributed by atoms with Crippen molar-refractivity contribution in [3.63, 3.8) is 0 Å². The van der Waals surface area contributed by atoms with Gasteiger partial charge < -0.3 is 4.89 Å². The van der Waals surface area contributed by atoms with E-state index in [0.29, 0.717) is 10.6 Å². The monoisotopic (exact) mass is 325 g/mol. The molecule has 0 amide bonds. The van der Waals surface area contributed by atoms with Gasteiger partial charge in [0.2, 0.25) is 0 Å². The van der Waals surface area contributed by atoms with Crippen LogP contribution in [0.1, 0.15) is 0 Å². The Morgan fingerprint density at radius 3 is 1.38 bits per heavy atom. The van der Waals surface area contributed by atoms with Gasteiger partial charge in [0.05, 0.1) is 0 Å². The van der Waals surface area contributed by atoms with Crippen LogP contribution in [0.3, 0.4) is 0 Å². The number of hydrogen-bond donors (Lipinski definition) is 1. The SMILES string of the molecule is O=P(O)(c1ccccc1)c1ccccc1.[Ag]. The van der Waals surface area contributed by atoms with E-state index in [1.54, 1.807) is 48.5 Å². The van der Waals surface area contributed by atoms with Crippen LogP contribution in [0.5, 0.6) is 0 Å². The predicted octanol–water partition coefficient (Wildman–Crippen LogP) is 1.91. The molecule has 87 valence electrons. The molecule has 0 saturated carbocycles. The first kappa shape index (κ1) is 13.4. The number of hydrogen-bond acceptors (Lipinski definition) is 1. The summed E-state index contributed by atoms with van der Waals surface area (Å²) in [6.07, 6.45) is 0. The Hall–Kier alpha value is -0.630. The van der Waals surface area contributed by atoms with Crippen molar-refractivity contribution < 1.29 is 31.8 Å². The summed E-state index contributed by atoms with van der Waals surface area (Å²) in [6, 6.07) is 17.4. The van der Waals surface area contributed by atoms with Gasteiger partial charge in [-0.2, -0.15) is 0 Å². The molecule has 2 rings (SSSR count). The summed E-state index contributed by atoms with van der Waals surface area (Å²) in [5, 5.41) is 0.937. The second-order valence-corrected chi connectivity index (χ2v) is 5.43. The standard InChI is InChI=1S/C12H11O2P.Ag/c13-15(14,11-7-3-1-4-8-11)12-9-5-2-6-10-12;/h1-10H,(H,13,14);. The number of rotatable bonds is 2. The molecule has 0 atom stereocenters. The van der Waals surface area contributed by atoms with Gasteiger partial charge in [-0.3, -0.25) is 4.57 Å². The zero-order valence-electron chi connectivity index (χ0n) is 8.38. The minimum Gasteiger partial charge on any atom is -0.338 e. The van der Waals surface area contributed by atoms with Gasteiger partial charge in [-0.15, -0.1) is 0 Å². The van der Waals surface area contributed by atoms with Gasteiger partial charge in [-0.05, 0) is 24.3 Å². The Balaban J connectivity index is 0.00000128. The van der Waals surface area contributed by atoms with Gasteiger partial charge >= 0.3 is 0 Å². The molecule has 0 aliphatic heterocycles. The van der Waals surface area contributed by atoms with Crippen LogP contribution in [-0.4, -0.2) is 4.89 Å². The molecular weight excluding hydrogens is 315 g/mol. The van der Waals surface area contributed by atoms with Crippen molar-refractivity contribution in [1.29, 1.82) is 0 Å². The summed E-state index contributed by atoms with van der Waals surface area (Å²) in [4.78, 5) is 10.0. The van der Waals surface area contributed by atoms with E-state index in [-0.39, 0.29) is 22.4 Å². The molecule has 0 aromatic heterocycles. The molecule has 0 spiro atoms. The third kappa shape index (κ3) is 2.73. The van der Waals surface area contributed by atoms with Crippen LogP contribution in [0.2, 0.25) is 0 Å². The van der Waals surface area contributed by atoms with E-state index in [4.69, 9.17) is 0 Å². The molecule has 2 nitrogen and oxygen atoms in total. The molecule has 0 heterocycles. The Morgan fingerprint density at radius 1 is 0.750 bits per heavy atom. The summed E-state index contributed by atoms with van der Waals surface area (Å²) in [5.41, 5.74) is 0. The Morgan fingerprint density at radius 2 is 1.06 bits per heavy atom. The third-order valence-electron chi connectivity index (χ3n) is 2.21. The molecule has 0 saturated heterocycles. The molecule has 1 N–H and O–H groups in total. The Kier molecular flexibility index (Phi) is 4.72. The quantitative estimate of drug-likeness (QED) is 0.676. The van der Waals surface area contributed by atoms with Crippen molar-refractivity contribution in [2.45, 2.75) is 0 Å². The average molecular weight is 326 g/mol. The van der Waals surface area contributed by atoms with E-state index in [1.165, 1.54) is 0 Å². The molecule has 1 radical (unpaired) electrons. The minimum atomic E-state index is -3.40. The van der Waals surface area contributed by atoms with Gasteiger partial charge in [0.25, 0.3) is 7.37 Å². The fourth-order valence-corrected chi connectivity index (χ4v) is 2.86. The zero-order valence-corrected chi connectivity index (χ0v) is 10.8. The topological polar surface area (TPSA) is 37.3 Å². The third-order valence-corrected chi connectivity index (χ3v) is 4.21. The molecule has 0 fully saturated rings. The Labute approximate surface area is 110 Å². The summed E-state index contributed by atoms with van der Waals surface area (Å²) >= 11 is 0. The van der Waals surface area contributed by atoms with Crippen LogP contribution in [0.4, 0.5) is 0 Å². The van der Waals surface area contributed by atoms with Crippen molar-refractivity contribution >= 4 is 18.0 Å². The van der Waals surface area contributed by atoms with Crippen LogP contribution in [0.25, 0.3) is 0 Å². The molecule has 2 aromatic rings. The smallest absolute Gasteiger partial charge is 0.258 e. The molecule has 16 heavy (non-hydrogen) atoms. The summed E-state index contributed by atoms with van der Waals surface area (Å²) in [5.74, 6) is 0. The van der Waals surface area contributed by atoms with E-state index in [1.807, 2.05) is 12.1 Å². The van der Waals surface area contributed by atoms with Crippen molar-refractivity contribution in [3.8, 4) is 0 Å². The fourth-order valence-electron chi connectivity index (χ4n) is 1.41. The van der Waals surface area contributed by atoms with Gasteiger partial charge in [0.1, 0.15) is 0 Å². The first-order valence-corrected chi connectivity index (χ1v) is 6.31. The van der Waals surface area contributed by atoms with Gasteiger partial charge in [-0.1, -0.05) is 36.4 Å². The second-order valence-electron chi connectivity index (χ2n) is 3.25. The molecular formula is C12H11AgO2P. The van der Waals surface area contributed by atoms with Crippen LogP contribution >= 0.6 is 7.37 Å². The first-order chi connectivity index (χ1) is 7.21. The molecule has 0 aliphatic rings. The van der Waals surface area contributed by atoms with Crippen molar-refractivity contribution in [1.82, 2.24) is 0 Å². The van der Waals surface area contributed by atoms with E-state index < -0.39 is 7.37 Å². The van der Waals surface area contributed by atoms with E-state index >= 15 is 0 Å². The zero-order chi connectivity index (χ0) is 10.7. The van der Waals surface area contributed by atoms with E-state index in [2.05, 4.69) is 0 Å². The molecule has 4 heteroatoms. The second kappa shape index (κ2) is 5.63. The normalized spacial score (nSPS) is 10.6. The molecule has 0 unspecified atom stereocenters. The summed E-state index contributed by atoms with van der Waals surface area (Å²) in [7, 11) is -3.40. The van der Waals surface area contributed by atoms with Crippen molar-refractivity contribution in [2.75, 3.05) is 0 Å². The molecule has 0 aliphatic carbocycles. The van der Waals surface area contributed by atoms with Crippen LogP contribution in [0, 0.1) is 0 Å². The van der Waals surface area contributed by atoms with E-state index in [9.17, 15) is 9.46 Å². The van der Waals surface area contributed by atoms with Gasteiger partial charge in [-0.25, -0.2) is 0 Å². The van der Waals surface area contributed by atoms with Crippen LogP contribution < -0.4 is 10.6 Å². The van der Waals surface area contributed by atoms with Gasteiger partial charge in [0.15, 0.2) is 0 Å². The predicted molar refractivity (Wildman–Crippen MR) is 62.0 cm³/mol. The van der Waals surface area contributed by atoms with Gasteiger partial charge in [0, 0.05) is 33.0 Å². The minimum absolute atomic E-state index is 0. The maximum atomic E-state index is 12.2. The Bertz CT molecular complexity index is 441. The summed E-state index contributed by atoms with van der Waals surface area (Å²) < 4.78 is 12.2. The van der Waals surface area contributed by atoms with Crippen molar-refractivity contribution in [3.05, 3.63) is 60.7 Å². The molecule has 2 aromatic carbocycles. The molecule has 0 bridgehead atoms. The maximum Gasteiger partial charge on any atom is 0.258 e.